The van der Waals surface area contributed by atoms with Crippen molar-refractivity contribution in [2.24, 2.45) is 0 Å². The molecule has 0 heterocycles. The second-order valence-electron chi connectivity index (χ2n) is 1.11. The molecule has 1 radical (unpaired) electrons. The van der Waals surface area contributed by atoms with Crippen LogP contribution in [0.1, 0.15) is 20.8 Å². The Morgan fingerprint density at radius 1 is 1.38 bits per heavy atom. The predicted molar refractivity (Wildman–Crippen MR) is 27.7 cm³/mol. The molecule has 0 atom stereocenters. The Kier molecular flexibility index (Phi) is 30.9. The van der Waals surface area contributed by atoms with Crippen molar-refractivity contribution in [2.75, 3.05) is 0 Å². The van der Waals surface area contributed by atoms with Crippen LogP contribution in [0.2, 0.25) is 0 Å². The van der Waals surface area contributed by atoms with Crippen LogP contribution < -0.4 is 0 Å². The van der Waals surface area contributed by atoms with Gasteiger partial charge in [-0.2, -0.15) is 6.92 Å². The van der Waals surface area contributed by atoms with Gasteiger partial charge in [-0.25, -0.2) is 0 Å². The minimum absolute atomic E-state index is 0. The first-order chi connectivity index (χ1) is 3.15. The molecule has 0 aliphatic carbocycles. The molecule has 0 fully saturated rings. The molecule has 8 heavy (non-hydrogen) atoms. The number of Topliss-reactive ketones (excluding diaryl/α,β-unsaturated/α-hetero) is 1. The van der Waals surface area contributed by atoms with E-state index in [1.807, 2.05) is 0 Å². The van der Waals surface area contributed by atoms with Crippen molar-refractivity contribution in [3.05, 3.63) is 0 Å². The van der Waals surface area contributed by atoms with Gasteiger partial charge in [0.15, 0.2) is 0 Å². The molecule has 0 aromatic rings. The third-order valence-electron chi connectivity index (χ3n) is 0. The molecule has 51 valence electrons. The van der Waals surface area contributed by atoms with Crippen LogP contribution in [-0.4, -0.2) is 12.1 Å². The Morgan fingerprint density at radius 2 is 1.38 bits per heavy atom. The zero-order chi connectivity index (χ0) is 6.28. The van der Waals surface area contributed by atoms with Gasteiger partial charge < -0.3 is 9.59 Å². The molecule has 0 rings (SSSR count). The SMILES string of the molecule is CC(C)=O.C[C-]=O.[Rh]. The van der Waals surface area contributed by atoms with Gasteiger partial charge in [0.2, 0.25) is 0 Å². The van der Waals surface area contributed by atoms with Gasteiger partial charge in [-0.15, -0.1) is 0 Å². The molecule has 0 aromatic carbocycles. The Bertz CT molecular complexity index is 57.4. The molecule has 0 aliphatic heterocycles. The van der Waals surface area contributed by atoms with Crippen molar-refractivity contribution in [3.8, 4) is 0 Å². The van der Waals surface area contributed by atoms with Crippen molar-refractivity contribution in [1.82, 2.24) is 0 Å². The van der Waals surface area contributed by atoms with Crippen LogP contribution in [0.15, 0.2) is 0 Å². The molecule has 0 saturated heterocycles. The minimum atomic E-state index is 0. The van der Waals surface area contributed by atoms with Gasteiger partial charge in [-0.3, -0.25) is 6.29 Å². The molecule has 0 N–H and O–H groups in total. The fraction of sp³-hybridized carbons (Fsp3) is 0.600. The predicted octanol–water partition coefficient (Wildman–Crippen LogP) is 0.709. The van der Waals surface area contributed by atoms with Gasteiger partial charge in [0, 0.05) is 19.5 Å². The Labute approximate surface area is 62.4 Å². The molecule has 0 saturated carbocycles. The Balaban J connectivity index is -0.0000000575. The Morgan fingerprint density at radius 3 is 1.38 bits per heavy atom. The quantitative estimate of drug-likeness (QED) is 0.430. The fourth-order valence-corrected chi connectivity index (χ4v) is 0. The van der Waals surface area contributed by atoms with Crippen LogP contribution >= 0.6 is 0 Å². The summed E-state index contributed by atoms with van der Waals surface area (Å²) in [6.45, 7) is 4.38. The average molecular weight is 204 g/mol. The van der Waals surface area contributed by atoms with E-state index in [0.29, 0.717) is 0 Å². The normalized spacial score (nSPS) is 4.88. The van der Waals surface area contributed by atoms with E-state index in [-0.39, 0.29) is 25.3 Å². The third kappa shape index (κ3) is 110000. The maximum atomic E-state index is 9.44. The number of rotatable bonds is 0. The zero-order valence-electron chi connectivity index (χ0n) is 5.15. The minimum Gasteiger partial charge on any atom is -0.542 e. The molecule has 0 aromatic heterocycles. The van der Waals surface area contributed by atoms with Crippen molar-refractivity contribution >= 4 is 12.1 Å². The van der Waals surface area contributed by atoms with Crippen molar-refractivity contribution in [3.63, 3.8) is 0 Å². The van der Waals surface area contributed by atoms with E-state index in [4.69, 9.17) is 4.79 Å². The summed E-state index contributed by atoms with van der Waals surface area (Å²) in [5, 5.41) is 0. The first kappa shape index (κ1) is 15.7. The monoisotopic (exact) mass is 204 g/mol. The first-order valence-electron chi connectivity index (χ1n) is 1.91. The Hall–Kier alpha value is -0.0366. The number of ketones is 1. The van der Waals surface area contributed by atoms with Crippen LogP contribution in [0.4, 0.5) is 0 Å². The van der Waals surface area contributed by atoms with Gasteiger partial charge in [0.1, 0.15) is 5.78 Å². The second kappa shape index (κ2) is 15.8. The summed E-state index contributed by atoms with van der Waals surface area (Å²) in [5.74, 6) is 0.167. The van der Waals surface area contributed by atoms with E-state index < -0.39 is 0 Å². The molecule has 0 bridgehead atoms. The molecule has 0 unspecified atom stereocenters. The molecule has 3 heteroatoms. The molecule has 0 spiro atoms. The summed E-state index contributed by atoms with van der Waals surface area (Å²) in [6, 6.07) is 0. The third-order valence-corrected chi connectivity index (χ3v) is 0. The van der Waals surface area contributed by atoms with E-state index >= 15 is 0 Å². The van der Waals surface area contributed by atoms with Crippen LogP contribution in [0.3, 0.4) is 0 Å². The summed E-state index contributed by atoms with van der Waals surface area (Å²) in [4.78, 5) is 18.1. The molecule has 0 amide bonds. The number of hydrogen-bond donors (Lipinski definition) is 0. The molecule has 2 nitrogen and oxygen atoms in total. The van der Waals surface area contributed by atoms with Crippen molar-refractivity contribution < 1.29 is 29.1 Å². The number of hydrogen-bond acceptors (Lipinski definition) is 2. The molecular formula is C5H9O2Rh-. The van der Waals surface area contributed by atoms with Crippen LogP contribution in [0, 0.1) is 0 Å². The van der Waals surface area contributed by atoms with E-state index in [1.54, 1.807) is 0 Å². The van der Waals surface area contributed by atoms with E-state index in [0.717, 1.165) is 0 Å². The first-order valence-corrected chi connectivity index (χ1v) is 1.91. The fourth-order valence-electron chi connectivity index (χ4n) is 0. The topological polar surface area (TPSA) is 34.1 Å². The largest absolute Gasteiger partial charge is 0.542 e. The maximum Gasteiger partial charge on any atom is 0.126 e. The van der Waals surface area contributed by atoms with Gasteiger partial charge in [0.25, 0.3) is 0 Å². The smallest absolute Gasteiger partial charge is 0.126 e. The van der Waals surface area contributed by atoms with E-state index in [1.165, 1.54) is 27.1 Å². The number of carbonyl (C=O) groups excluding carboxylic acids is 2. The van der Waals surface area contributed by atoms with E-state index in [9.17, 15) is 4.79 Å². The van der Waals surface area contributed by atoms with Crippen molar-refractivity contribution in [2.45, 2.75) is 20.8 Å². The van der Waals surface area contributed by atoms with Gasteiger partial charge >= 0.3 is 0 Å². The average Bonchev–Trinajstić information content (AvgIpc) is 1.33. The number of carbonyl (C=O) groups is 1. The summed E-state index contributed by atoms with van der Waals surface area (Å²) < 4.78 is 0. The van der Waals surface area contributed by atoms with E-state index in [2.05, 4.69) is 0 Å². The van der Waals surface area contributed by atoms with Crippen LogP contribution in [0.25, 0.3) is 0 Å². The van der Waals surface area contributed by atoms with Crippen LogP contribution in [-0.2, 0) is 29.1 Å². The summed E-state index contributed by atoms with van der Waals surface area (Å²) in [6.07, 6.45) is 1.50. The maximum absolute atomic E-state index is 9.44. The summed E-state index contributed by atoms with van der Waals surface area (Å²) in [7, 11) is 0. The standard InChI is InChI=1S/C3H6O.C2H3O.Rh/c1-3(2)4;1-2-3;/h1-2H3;1H3;/q;-1;. The molecule has 0 aliphatic rings. The molecular weight excluding hydrogens is 195 g/mol. The second-order valence-corrected chi connectivity index (χ2v) is 1.11. The van der Waals surface area contributed by atoms with Crippen LogP contribution in [0.5, 0.6) is 0 Å². The van der Waals surface area contributed by atoms with Crippen molar-refractivity contribution in [1.29, 1.82) is 0 Å². The zero-order valence-corrected chi connectivity index (χ0v) is 6.79. The van der Waals surface area contributed by atoms with Gasteiger partial charge in [0.05, 0.1) is 0 Å². The van der Waals surface area contributed by atoms with Gasteiger partial charge in [-0.1, -0.05) is 0 Å². The summed E-state index contributed by atoms with van der Waals surface area (Å²) in [5.41, 5.74) is 0. The van der Waals surface area contributed by atoms with Gasteiger partial charge in [-0.05, 0) is 13.8 Å². The summed E-state index contributed by atoms with van der Waals surface area (Å²) >= 11 is 0.